The van der Waals surface area contributed by atoms with Gasteiger partial charge in [-0.15, -0.1) is 10.2 Å². The van der Waals surface area contributed by atoms with E-state index < -0.39 is 5.82 Å². The first-order valence-corrected chi connectivity index (χ1v) is 8.33. The number of rotatable bonds is 4. The van der Waals surface area contributed by atoms with Crippen molar-refractivity contribution in [2.75, 3.05) is 30.4 Å². The molecule has 0 atom stereocenters. The molecule has 2 heterocycles. The van der Waals surface area contributed by atoms with Crippen LogP contribution in [0.5, 0.6) is 5.75 Å². The lowest BCUT2D eigenvalue weighted by atomic mass is 9.95. The molecule has 132 valence electrons. The van der Waals surface area contributed by atoms with Crippen LogP contribution in [0.1, 0.15) is 12.8 Å². The highest BCUT2D eigenvalue weighted by atomic mass is 35.5. The average molecular weight is 365 g/mol. The van der Waals surface area contributed by atoms with Crippen LogP contribution in [0.25, 0.3) is 0 Å². The van der Waals surface area contributed by atoms with E-state index in [1.165, 1.54) is 25.3 Å². The summed E-state index contributed by atoms with van der Waals surface area (Å²) in [6.45, 7) is 1.41. The second-order valence-corrected chi connectivity index (χ2v) is 6.20. The third-order valence-electron chi connectivity index (χ3n) is 4.23. The third kappa shape index (κ3) is 4.17. The fraction of sp³-hybridized carbons (Fsp3) is 0.353. The largest absolute Gasteiger partial charge is 0.494 e. The standard InChI is InChI=1S/C17H18ClFN4O2/c1-25-14-10-12(19)2-3-13(14)20-17(24)11-6-8-23(9-7-11)16-5-4-15(18)21-22-16/h2-5,10-11H,6-9H2,1H3,(H,20,24). The van der Waals surface area contributed by atoms with Gasteiger partial charge in [0.2, 0.25) is 5.91 Å². The van der Waals surface area contributed by atoms with E-state index in [9.17, 15) is 9.18 Å². The molecule has 2 aromatic rings. The number of halogens is 2. The van der Waals surface area contributed by atoms with E-state index in [0.29, 0.717) is 42.5 Å². The molecular formula is C17H18ClFN4O2. The van der Waals surface area contributed by atoms with Crippen LogP contribution in [0, 0.1) is 11.7 Å². The molecule has 0 radical (unpaired) electrons. The monoisotopic (exact) mass is 364 g/mol. The number of amides is 1. The van der Waals surface area contributed by atoms with Crippen molar-refractivity contribution < 1.29 is 13.9 Å². The molecule has 0 unspecified atom stereocenters. The molecule has 0 bridgehead atoms. The molecule has 8 heteroatoms. The summed E-state index contributed by atoms with van der Waals surface area (Å²) >= 11 is 5.75. The van der Waals surface area contributed by atoms with E-state index in [1.807, 2.05) is 6.07 Å². The molecular weight excluding hydrogens is 347 g/mol. The number of methoxy groups -OCH3 is 1. The van der Waals surface area contributed by atoms with Crippen LogP contribution in [-0.2, 0) is 4.79 Å². The Hall–Kier alpha value is -2.41. The van der Waals surface area contributed by atoms with Crippen molar-refractivity contribution in [2.24, 2.45) is 5.92 Å². The zero-order chi connectivity index (χ0) is 17.8. The number of carbonyl (C=O) groups excluding carboxylic acids is 1. The Morgan fingerprint density at radius 1 is 1.28 bits per heavy atom. The van der Waals surface area contributed by atoms with Crippen LogP contribution in [0.15, 0.2) is 30.3 Å². The van der Waals surface area contributed by atoms with Crippen molar-refractivity contribution in [3.8, 4) is 5.75 Å². The summed E-state index contributed by atoms with van der Waals surface area (Å²) in [4.78, 5) is 14.6. The molecule has 25 heavy (non-hydrogen) atoms. The Balaban J connectivity index is 1.59. The second kappa shape index (κ2) is 7.65. The summed E-state index contributed by atoms with van der Waals surface area (Å²) in [6.07, 6.45) is 1.39. The lowest BCUT2D eigenvalue weighted by molar-refractivity contribution is -0.120. The first-order chi connectivity index (χ1) is 12.1. The smallest absolute Gasteiger partial charge is 0.227 e. The van der Waals surface area contributed by atoms with E-state index in [2.05, 4.69) is 20.4 Å². The molecule has 1 saturated heterocycles. The molecule has 1 aromatic carbocycles. The number of benzene rings is 1. The minimum Gasteiger partial charge on any atom is -0.494 e. The number of hydrogen-bond donors (Lipinski definition) is 1. The van der Waals surface area contributed by atoms with Crippen LogP contribution in [0.2, 0.25) is 5.15 Å². The number of hydrogen-bond acceptors (Lipinski definition) is 5. The summed E-state index contributed by atoms with van der Waals surface area (Å²) in [6, 6.07) is 7.56. The number of nitrogens with zero attached hydrogens (tertiary/aromatic N) is 3. The summed E-state index contributed by atoms with van der Waals surface area (Å²) in [7, 11) is 1.44. The molecule has 1 amide bonds. The summed E-state index contributed by atoms with van der Waals surface area (Å²) in [5.74, 6) is 0.441. The second-order valence-electron chi connectivity index (χ2n) is 5.81. The Kier molecular flexibility index (Phi) is 5.33. The van der Waals surface area contributed by atoms with Gasteiger partial charge >= 0.3 is 0 Å². The van der Waals surface area contributed by atoms with Gasteiger partial charge < -0.3 is 15.0 Å². The normalized spacial score (nSPS) is 15.1. The molecule has 0 spiro atoms. The number of carbonyl (C=O) groups is 1. The quantitative estimate of drug-likeness (QED) is 0.902. The van der Waals surface area contributed by atoms with Crippen molar-refractivity contribution in [1.82, 2.24) is 10.2 Å². The average Bonchev–Trinajstić information content (AvgIpc) is 2.64. The Bertz CT molecular complexity index is 749. The molecule has 0 saturated carbocycles. The Morgan fingerprint density at radius 3 is 2.68 bits per heavy atom. The highest BCUT2D eigenvalue weighted by molar-refractivity contribution is 6.29. The summed E-state index contributed by atoms with van der Waals surface area (Å²) in [5, 5.41) is 11.1. The van der Waals surface area contributed by atoms with Gasteiger partial charge in [0.05, 0.1) is 12.8 Å². The fourth-order valence-electron chi connectivity index (χ4n) is 2.85. The number of aromatic nitrogens is 2. The van der Waals surface area contributed by atoms with Gasteiger partial charge in [-0.3, -0.25) is 4.79 Å². The van der Waals surface area contributed by atoms with E-state index in [-0.39, 0.29) is 11.8 Å². The van der Waals surface area contributed by atoms with E-state index in [0.717, 1.165) is 5.82 Å². The van der Waals surface area contributed by atoms with Gasteiger partial charge in [0.15, 0.2) is 11.0 Å². The van der Waals surface area contributed by atoms with Crippen LogP contribution in [-0.4, -0.2) is 36.3 Å². The maximum absolute atomic E-state index is 13.2. The van der Waals surface area contributed by atoms with Crippen LogP contribution in [0.4, 0.5) is 15.9 Å². The predicted molar refractivity (Wildman–Crippen MR) is 93.6 cm³/mol. The Labute approximate surface area is 149 Å². The van der Waals surface area contributed by atoms with Crippen molar-refractivity contribution in [3.05, 3.63) is 41.3 Å². The van der Waals surface area contributed by atoms with Gasteiger partial charge in [-0.1, -0.05) is 11.6 Å². The van der Waals surface area contributed by atoms with Crippen molar-refractivity contribution in [3.63, 3.8) is 0 Å². The van der Waals surface area contributed by atoms with Crippen molar-refractivity contribution >= 4 is 29.0 Å². The van der Waals surface area contributed by atoms with Crippen molar-refractivity contribution in [2.45, 2.75) is 12.8 Å². The molecule has 0 aliphatic carbocycles. The number of piperidine rings is 1. The van der Waals surface area contributed by atoms with Crippen LogP contribution < -0.4 is 15.0 Å². The van der Waals surface area contributed by atoms with Crippen LogP contribution in [0.3, 0.4) is 0 Å². The van der Waals surface area contributed by atoms with Gasteiger partial charge in [-0.2, -0.15) is 0 Å². The lowest BCUT2D eigenvalue weighted by Crippen LogP contribution is -2.38. The number of ether oxygens (including phenoxy) is 1. The molecule has 1 aliphatic heterocycles. The summed E-state index contributed by atoms with van der Waals surface area (Å²) < 4.78 is 18.3. The lowest BCUT2D eigenvalue weighted by Gasteiger charge is -2.31. The van der Waals surface area contributed by atoms with Gasteiger partial charge in [0.1, 0.15) is 11.6 Å². The SMILES string of the molecule is COc1cc(F)ccc1NC(=O)C1CCN(c2ccc(Cl)nn2)CC1. The highest BCUT2D eigenvalue weighted by Gasteiger charge is 2.26. The van der Waals surface area contributed by atoms with E-state index >= 15 is 0 Å². The summed E-state index contributed by atoms with van der Waals surface area (Å²) in [5.41, 5.74) is 0.472. The van der Waals surface area contributed by atoms with Gasteiger partial charge in [0, 0.05) is 25.1 Å². The molecule has 1 aliphatic rings. The van der Waals surface area contributed by atoms with Gasteiger partial charge in [-0.25, -0.2) is 4.39 Å². The first kappa shape index (κ1) is 17.4. The first-order valence-electron chi connectivity index (χ1n) is 7.95. The third-order valence-corrected chi connectivity index (χ3v) is 4.43. The Morgan fingerprint density at radius 2 is 2.04 bits per heavy atom. The van der Waals surface area contributed by atoms with E-state index in [4.69, 9.17) is 16.3 Å². The maximum Gasteiger partial charge on any atom is 0.227 e. The molecule has 6 nitrogen and oxygen atoms in total. The zero-order valence-electron chi connectivity index (χ0n) is 13.7. The van der Waals surface area contributed by atoms with Crippen LogP contribution >= 0.6 is 11.6 Å². The molecule has 1 fully saturated rings. The van der Waals surface area contributed by atoms with Gasteiger partial charge in [-0.05, 0) is 37.1 Å². The molecule has 1 N–H and O–H groups in total. The number of nitrogens with one attached hydrogen (secondary N) is 1. The topological polar surface area (TPSA) is 67.3 Å². The van der Waals surface area contributed by atoms with Gasteiger partial charge in [0.25, 0.3) is 0 Å². The molecule has 3 rings (SSSR count). The predicted octanol–water partition coefficient (Wildman–Crippen LogP) is 3.13. The fourth-order valence-corrected chi connectivity index (χ4v) is 2.95. The zero-order valence-corrected chi connectivity index (χ0v) is 14.5. The minimum atomic E-state index is -0.410. The highest BCUT2D eigenvalue weighted by Crippen LogP contribution is 2.28. The molecule has 1 aromatic heterocycles. The van der Waals surface area contributed by atoms with E-state index in [1.54, 1.807) is 6.07 Å². The minimum absolute atomic E-state index is 0.0910. The van der Waals surface area contributed by atoms with Crippen molar-refractivity contribution in [1.29, 1.82) is 0 Å². The maximum atomic E-state index is 13.2. The number of anilines is 2.